The minimum absolute atomic E-state index is 0.0323. The van der Waals surface area contributed by atoms with Gasteiger partial charge in [-0.2, -0.15) is 0 Å². The molecule has 2 fully saturated rings. The summed E-state index contributed by atoms with van der Waals surface area (Å²) in [6, 6.07) is 0.719. The normalized spacial score (nSPS) is 37.8. The summed E-state index contributed by atoms with van der Waals surface area (Å²) in [5, 5.41) is 0. The molecule has 110 valence electrons. The highest BCUT2D eigenvalue weighted by Gasteiger charge is 2.37. The van der Waals surface area contributed by atoms with Crippen molar-refractivity contribution >= 4 is 6.29 Å². The molecular formula is C17H31NO. The second-order valence-electron chi connectivity index (χ2n) is 7.06. The van der Waals surface area contributed by atoms with Crippen molar-refractivity contribution in [3.63, 3.8) is 0 Å². The van der Waals surface area contributed by atoms with Crippen LogP contribution in [0.5, 0.6) is 0 Å². The Labute approximate surface area is 118 Å². The number of aldehydes is 1. The molecule has 2 heteroatoms. The first kappa shape index (κ1) is 15.0. The average molecular weight is 265 g/mol. The molecule has 0 aromatic heterocycles. The summed E-state index contributed by atoms with van der Waals surface area (Å²) < 4.78 is 0. The predicted molar refractivity (Wildman–Crippen MR) is 80.2 cm³/mol. The van der Waals surface area contributed by atoms with Crippen LogP contribution in [0.4, 0.5) is 0 Å². The fourth-order valence-corrected chi connectivity index (χ4v) is 4.30. The molecule has 0 radical (unpaired) electrons. The largest absolute Gasteiger partial charge is 0.303 e. The fourth-order valence-electron chi connectivity index (χ4n) is 4.30. The maximum Gasteiger partial charge on any atom is 0.127 e. The van der Waals surface area contributed by atoms with Crippen LogP contribution in [0.25, 0.3) is 0 Å². The van der Waals surface area contributed by atoms with E-state index in [-0.39, 0.29) is 5.41 Å². The molecule has 3 unspecified atom stereocenters. The number of likely N-dealkylation sites (tertiary alicyclic amines) is 1. The molecule has 0 spiro atoms. The fraction of sp³-hybridized carbons (Fsp3) is 0.941. The molecule has 1 aliphatic carbocycles. The zero-order valence-electron chi connectivity index (χ0n) is 12.9. The van der Waals surface area contributed by atoms with Crippen LogP contribution < -0.4 is 0 Å². The molecule has 2 aliphatic rings. The molecule has 1 saturated heterocycles. The Balaban J connectivity index is 2.04. The van der Waals surface area contributed by atoms with Gasteiger partial charge in [0.05, 0.1) is 0 Å². The van der Waals surface area contributed by atoms with E-state index >= 15 is 0 Å². The number of rotatable bonds is 4. The Hall–Kier alpha value is -0.370. The topological polar surface area (TPSA) is 20.3 Å². The molecule has 0 bridgehead atoms. The summed E-state index contributed by atoms with van der Waals surface area (Å²) in [5.74, 6) is 0.728. The van der Waals surface area contributed by atoms with Crippen LogP contribution in [0.15, 0.2) is 0 Å². The molecule has 19 heavy (non-hydrogen) atoms. The number of hydrogen-bond acceptors (Lipinski definition) is 2. The zero-order chi connectivity index (χ0) is 13.7. The average Bonchev–Trinajstić information content (AvgIpc) is 2.63. The van der Waals surface area contributed by atoms with E-state index in [1.54, 1.807) is 0 Å². The highest BCUT2D eigenvalue weighted by molar-refractivity contribution is 5.60. The van der Waals surface area contributed by atoms with E-state index in [1.165, 1.54) is 57.8 Å². The van der Waals surface area contributed by atoms with Crippen molar-refractivity contribution in [3.05, 3.63) is 0 Å². The van der Waals surface area contributed by atoms with E-state index in [0.29, 0.717) is 0 Å². The highest BCUT2D eigenvalue weighted by Crippen LogP contribution is 2.39. The molecule has 1 aliphatic heterocycles. The summed E-state index contributed by atoms with van der Waals surface area (Å²) >= 11 is 0. The van der Waals surface area contributed by atoms with Crippen LogP contribution in [0, 0.1) is 11.3 Å². The van der Waals surface area contributed by atoms with Gasteiger partial charge in [0.2, 0.25) is 0 Å². The van der Waals surface area contributed by atoms with Gasteiger partial charge in [-0.15, -0.1) is 0 Å². The second kappa shape index (κ2) is 6.88. The smallest absolute Gasteiger partial charge is 0.127 e. The van der Waals surface area contributed by atoms with Crippen molar-refractivity contribution in [1.29, 1.82) is 0 Å². The van der Waals surface area contributed by atoms with E-state index in [4.69, 9.17) is 0 Å². The Kier molecular flexibility index (Phi) is 5.44. The van der Waals surface area contributed by atoms with Crippen molar-refractivity contribution in [2.45, 2.75) is 77.7 Å². The zero-order valence-corrected chi connectivity index (χ0v) is 12.9. The van der Waals surface area contributed by atoms with Gasteiger partial charge in [0.25, 0.3) is 0 Å². The van der Waals surface area contributed by atoms with Crippen molar-refractivity contribution in [3.8, 4) is 0 Å². The Morgan fingerprint density at radius 1 is 1.21 bits per heavy atom. The first-order valence-corrected chi connectivity index (χ1v) is 8.39. The molecule has 3 atom stereocenters. The van der Waals surface area contributed by atoms with Crippen LogP contribution in [0.1, 0.15) is 71.6 Å². The first-order chi connectivity index (χ1) is 9.19. The number of hydrogen-bond donors (Lipinski definition) is 0. The van der Waals surface area contributed by atoms with Crippen LogP contribution in [-0.2, 0) is 4.79 Å². The van der Waals surface area contributed by atoms with Gasteiger partial charge in [-0.3, -0.25) is 4.90 Å². The molecule has 0 aromatic carbocycles. The lowest BCUT2D eigenvalue weighted by Crippen LogP contribution is -2.46. The van der Waals surface area contributed by atoms with Crippen LogP contribution in [0.2, 0.25) is 0 Å². The van der Waals surface area contributed by atoms with E-state index in [2.05, 4.69) is 18.7 Å². The minimum atomic E-state index is -0.0323. The summed E-state index contributed by atoms with van der Waals surface area (Å²) in [5.41, 5.74) is -0.0323. The van der Waals surface area contributed by atoms with Gasteiger partial charge in [0.1, 0.15) is 6.29 Å². The predicted octanol–water partition coefficient (Wildman–Crippen LogP) is 4.04. The number of nitrogens with zero attached hydrogens (tertiary/aromatic N) is 1. The minimum Gasteiger partial charge on any atom is -0.303 e. The summed E-state index contributed by atoms with van der Waals surface area (Å²) in [4.78, 5) is 14.4. The lowest BCUT2D eigenvalue weighted by atomic mass is 9.70. The van der Waals surface area contributed by atoms with Gasteiger partial charge >= 0.3 is 0 Å². The van der Waals surface area contributed by atoms with Crippen molar-refractivity contribution in [2.24, 2.45) is 11.3 Å². The van der Waals surface area contributed by atoms with Gasteiger partial charge in [0.15, 0.2) is 0 Å². The molecule has 1 saturated carbocycles. The van der Waals surface area contributed by atoms with Gasteiger partial charge in [-0.1, -0.05) is 39.5 Å². The first-order valence-electron chi connectivity index (χ1n) is 8.39. The molecule has 1 heterocycles. The third-order valence-corrected chi connectivity index (χ3v) is 5.36. The van der Waals surface area contributed by atoms with Crippen molar-refractivity contribution < 1.29 is 4.79 Å². The van der Waals surface area contributed by atoms with E-state index in [1.807, 2.05) is 0 Å². The second-order valence-corrected chi connectivity index (χ2v) is 7.06. The maximum atomic E-state index is 11.8. The molecule has 2 nitrogen and oxygen atoms in total. The number of carbonyl (C=O) groups excluding carboxylic acids is 1. The van der Waals surface area contributed by atoms with Crippen LogP contribution in [0.3, 0.4) is 0 Å². The molecule has 2 rings (SSSR count). The summed E-state index contributed by atoms with van der Waals surface area (Å²) in [6.45, 7) is 6.86. The molecular weight excluding hydrogens is 234 g/mol. The van der Waals surface area contributed by atoms with Crippen molar-refractivity contribution in [1.82, 2.24) is 4.90 Å². The van der Waals surface area contributed by atoms with E-state index in [0.717, 1.165) is 31.3 Å². The van der Waals surface area contributed by atoms with Gasteiger partial charge in [-0.05, 0) is 44.6 Å². The third-order valence-electron chi connectivity index (χ3n) is 5.36. The quantitative estimate of drug-likeness (QED) is 0.715. The lowest BCUT2D eigenvalue weighted by molar-refractivity contribution is -0.120. The van der Waals surface area contributed by atoms with Crippen LogP contribution >= 0.6 is 0 Å². The number of carbonyl (C=O) groups is 1. The van der Waals surface area contributed by atoms with E-state index in [9.17, 15) is 4.79 Å². The van der Waals surface area contributed by atoms with Crippen molar-refractivity contribution in [2.75, 3.05) is 13.1 Å². The monoisotopic (exact) mass is 265 g/mol. The molecule has 0 aromatic rings. The Morgan fingerprint density at radius 2 is 2.05 bits per heavy atom. The Morgan fingerprint density at radius 3 is 2.74 bits per heavy atom. The molecule has 0 N–H and O–H groups in total. The van der Waals surface area contributed by atoms with Gasteiger partial charge in [-0.25, -0.2) is 0 Å². The highest BCUT2D eigenvalue weighted by atomic mass is 16.1. The van der Waals surface area contributed by atoms with Gasteiger partial charge < -0.3 is 4.79 Å². The lowest BCUT2D eigenvalue weighted by Gasteiger charge is -2.41. The standard InChI is InChI=1S/C17H31NO/c1-3-16-9-5-4-6-11-18(16)13-17(14-19)10-7-8-15(2)12-17/h14-16H,3-13H2,1-2H3. The van der Waals surface area contributed by atoms with E-state index < -0.39 is 0 Å². The molecule has 0 amide bonds. The van der Waals surface area contributed by atoms with Gasteiger partial charge in [0, 0.05) is 18.0 Å². The van der Waals surface area contributed by atoms with Crippen LogP contribution in [-0.4, -0.2) is 30.3 Å². The third kappa shape index (κ3) is 3.81. The SMILES string of the molecule is CCC1CCCCCN1CC1(C=O)CCCC(C)C1. The Bertz CT molecular complexity index is 291. The summed E-state index contributed by atoms with van der Waals surface area (Å²) in [6.07, 6.45) is 12.7. The maximum absolute atomic E-state index is 11.8. The summed E-state index contributed by atoms with van der Waals surface area (Å²) in [7, 11) is 0.